The second kappa shape index (κ2) is 12.0. The number of nitrogens with one attached hydrogen (secondary N) is 1. The largest absolute Gasteiger partial charge is 0.490 e. The van der Waals surface area contributed by atoms with Gasteiger partial charge in [-0.3, -0.25) is 4.79 Å². The Morgan fingerprint density at radius 1 is 1.29 bits per heavy atom. The maximum Gasteiger partial charge on any atom is 0.159 e. The Bertz CT molecular complexity index is 490. The number of aliphatic hydroxyl groups excluding tert-OH is 1. The number of hydrogen-bond donors (Lipinski definition) is 2. The molecule has 0 fully saturated rings. The number of ketones is 1. The number of aliphatic hydroxyl groups is 1. The summed E-state index contributed by atoms with van der Waals surface area (Å²) in [5.41, 5.74) is 1.47. The number of carbonyl (C=O) groups is 1. The molecule has 136 valence electrons. The summed E-state index contributed by atoms with van der Waals surface area (Å²) < 4.78 is 11.3. The monoisotopic (exact) mass is 337 g/mol. The van der Waals surface area contributed by atoms with Crippen LogP contribution in [0.4, 0.5) is 0 Å². The lowest BCUT2D eigenvalue weighted by Gasteiger charge is -2.16. The summed E-state index contributed by atoms with van der Waals surface area (Å²) in [6, 6.07) is 5.32. The van der Waals surface area contributed by atoms with E-state index in [9.17, 15) is 9.90 Å². The van der Waals surface area contributed by atoms with Crippen molar-refractivity contribution in [1.82, 2.24) is 5.32 Å². The van der Waals surface area contributed by atoms with Crippen molar-refractivity contribution in [2.75, 3.05) is 26.3 Å². The zero-order chi connectivity index (χ0) is 17.8. The Morgan fingerprint density at radius 3 is 2.75 bits per heavy atom. The molecule has 0 aliphatic heterocycles. The predicted molar refractivity (Wildman–Crippen MR) is 95.7 cm³/mol. The van der Waals surface area contributed by atoms with Crippen LogP contribution in [0.2, 0.25) is 0 Å². The van der Waals surface area contributed by atoms with E-state index in [-0.39, 0.29) is 12.4 Å². The third-order valence-corrected chi connectivity index (χ3v) is 3.59. The first-order valence-corrected chi connectivity index (χ1v) is 8.81. The minimum atomic E-state index is -0.571. The molecule has 0 aromatic heterocycles. The fourth-order valence-corrected chi connectivity index (χ4v) is 2.19. The standard InChI is InChI=1S/C19H31NO4/c1-4-6-9-20-12-18(22)14-24-19-8-7-16(15(3)21)11-17(19)13-23-10-5-2/h7-8,11,18,20,22H,4-6,9-10,12-14H2,1-3H3. The number of benzene rings is 1. The van der Waals surface area contributed by atoms with Crippen LogP contribution in [0.15, 0.2) is 18.2 Å². The summed E-state index contributed by atoms with van der Waals surface area (Å²) in [5, 5.41) is 13.2. The van der Waals surface area contributed by atoms with E-state index >= 15 is 0 Å². The molecular formula is C19H31NO4. The van der Waals surface area contributed by atoms with Crippen LogP contribution in [0, 0.1) is 0 Å². The first kappa shape index (κ1) is 20.6. The van der Waals surface area contributed by atoms with Crippen molar-refractivity contribution in [3.05, 3.63) is 29.3 Å². The van der Waals surface area contributed by atoms with Crippen LogP contribution >= 0.6 is 0 Å². The molecule has 0 aliphatic rings. The lowest BCUT2D eigenvalue weighted by atomic mass is 10.1. The van der Waals surface area contributed by atoms with Crippen LogP contribution in [-0.4, -0.2) is 43.3 Å². The summed E-state index contributed by atoms with van der Waals surface area (Å²) >= 11 is 0. The molecule has 0 saturated carbocycles. The van der Waals surface area contributed by atoms with Crippen molar-refractivity contribution in [1.29, 1.82) is 0 Å². The zero-order valence-electron chi connectivity index (χ0n) is 15.1. The fourth-order valence-electron chi connectivity index (χ4n) is 2.19. The number of ether oxygens (including phenoxy) is 2. The molecule has 5 heteroatoms. The van der Waals surface area contributed by atoms with Gasteiger partial charge in [-0.15, -0.1) is 0 Å². The number of carbonyl (C=O) groups excluding carboxylic acids is 1. The van der Waals surface area contributed by atoms with E-state index in [0.717, 1.165) is 31.4 Å². The summed E-state index contributed by atoms with van der Waals surface area (Å²) in [7, 11) is 0. The molecule has 0 bridgehead atoms. The van der Waals surface area contributed by atoms with Crippen LogP contribution < -0.4 is 10.1 Å². The van der Waals surface area contributed by atoms with Gasteiger partial charge in [-0.25, -0.2) is 0 Å². The van der Waals surface area contributed by atoms with Crippen molar-refractivity contribution >= 4 is 5.78 Å². The van der Waals surface area contributed by atoms with Crippen molar-refractivity contribution in [2.45, 2.75) is 52.7 Å². The highest BCUT2D eigenvalue weighted by Gasteiger charge is 2.11. The number of unbranched alkanes of at least 4 members (excludes halogenated alkanes) is 1. The molecule has 1 atom stereocenters. The van der Waals surface area contributed by atoms with E-state index < -0.39 is 6.10 Å². The highest BCUT2D eigenvalue weighted by molar-refractivity contribution is 5.94. The molecule has 1 unspecified atom stereocenters. The normalized spacial score (nSPS) is 12.2. The Labute approximate surface area is 145 Å². The molecule has 1 rings (SSSR count). The number of Topliss-reactive ketones (excluding diaryl/α,β-unsaturated/α-hetero) is 1. The molecule has 0 radical (unpaired) electrons. The minimum absolute atomic E-state index is 0.0125. The quantitative estimate of drug-likeness (QED) is 0.428. The van der Waals surface area contributed by atoms with E-state index in [4.69, 9.17) is 9.47 Å². The smallest absolute Gasteiger partial charge is 0.159 e. The second-order valence-electron chi connectivity index (χ2n) is 5.95. The van der Waals surface area contributed by atoms with Gasteiger partial charge >= 0.3 is 0 Å². The van der Waals surface area contributed by atoms with Gasteiger partial charge in [-0.05, 0) is 44.5 Å². The first-order valence-electron chi connectivity index (χ1n) is 8.81. The van der Waals surface area contributed by atoms with Gasteiger partial charge in [0.2, 0.25) is 0 Å². The molecule has 0 aliphatic carbocycles. The molecule has 0 spiro atoms. The Balaban J connectivity index is 2.59. The van der Waals surface area contributed by atoms with Crippen molar-refractivity contribution in [2.24, 2.45) is 0 Å². The van der Waals surface area contributed by atoms with E-state index in [2.05, 4.69) is 12.2 Å². The van der Waals surface area contributed by atoms with Crippen LogP contribution in [0.1, 0.15) is 56.0 Å². The van der Waals surface area contributed by atoms with E-state index in [1.165, 1.54) is 6.92 Å². The van der Waals surface area contributed by atoms with Crippen molar-refractivity contribution in [3.8, 4) is 5.75 Å². The number of rotatable bonds is 13. The van der Waals surface area contributed by atoms with Crippen LogP contribution in [-0.2, 0) is 11.3 Å². The highest BCUT2D eigenvalue weighted by atomic mass is 16.5. The fraction of sp³-hybridized carbons (Fsp3) is 0.632. The molecule has 0 amide bonds. The van der Waals surface area contributed by atoms with Gasteiger partial charge in [0, 0.05) is 24.3 Å². The molecule has 1 aromatic carbocycles. The third-order valence-electron chi connectivity index (χ3n) is 3.59. The van der Waals surface area contributed by atoms with Crippen LogP contribution in [0.25, 0.3) is 0 Å². The van der Waals surface area contributed by atoms with E-state index in [1.54, 1.807) is 18.2 Å². The van der Waals surface area contributed by atoms with Gasteiger partial charge in [0.25, 0.3) is 0 Å². The van der Waals surface area contributed by atoms with Crippen LogP contribution in [0.5, 0.6) is 5.75 Å². The molecule has 5 nitrogen and oxygen atoms in total. The van der Waals surface area contributed by atoms with Gasteiger partial charge in [0.1, 0.15) is 18.5 Å². The molecular weight excluding hydrogens is 306 g/mol. The topological polar surface area (TPSA) is 67.8 Å². The van der Waals surface area contributed by atoms with Gasteiger partial charge in [-0.1, -0.05) is 20.3 Å². The summed E-state index contributed by atoms with van der Waals surface area (Å²) in [6.07, 6.45) is 2.59. The molecule has 24 heavy (non-hydrogen) atoms. The SMILES string of the molecule is CCCCNCC(O)COc1ccc(C(C)=O)cc1COCCC. The van der Waals surface area contributed by atoms with E-state index in [0.29, 0.717) is 31.1 Å². The van der Waals surface area contributed by atoms with Crippen molar-refractivity contribution in [3.63, 3.8) is 0 Å². The average Bonchev–Trinajstić information content (AvgIpc) is 2.57. The molecule has 1 aromatic rings. The summed E-state index contributed by atoms with van der Waals surface area (Å²) in [6.45, 7) is 8.39. The number of hydrogen-bond acceptors (Lipinski definition) is 5. The lowest BCUT2D eigenvalue weighted by Crippen LogP contribution is -2.32. The summed E-state index contributed by atoms with van der Waals surface area (Å²) in [5.74, 6) is 0.669. The molecule has 0 heterocycles. The Hall–Kier alpha value is -1.43. The van der Waals surface area contributed by atoms with Gasteiger partial charge in [-0.2, -0.15) is 0 Å². The molecule has 2 N–H and O–H groups in total. The lowest BCUT2D eigenvalue weighted by molar-refractivity contribution is 0.0975. The van der Waals surface area contributed by atoms with E-state index in [1.807, 2.05) is 6.92 Å². The predicted octanol–water partition coefficient (Wildman–Crippen LogP) is 2.95. The average molecular weight is 337 g/mol. The van der Waals surface area contributed by atoms with Gasteiger partial charge in [0.15, 0.2) is 5.78 Å². The Kier molecular flexibility index (Phi) is 10.3. The minimum Gasteiger partial charge on any atom is -0.490 e. The molecule has 0 saturated heterocycles. The highest BCUT2D eigenvalue weighted by Crippen LogP contribution is 2.22. The van der Waals surface area contributed by atoms with Crippen LogP contribution in [0.3, 0.4) is 0 Å². The first-order chi connectivity index (χ1) is 11.6. The Morgan fingerprint density at radius 2 is 2.08 bits per heavy atom. The maximum atomic E-state index is 11.5. The second-order valence-corrected chi connectivity index (χ2v) is 5.95. The van der Waals surface area contributed by atoms with Gasteiger partial charge in [0.05, 0.1) is 6.61 Å². The summed E-state index contributed by atoms with van der Waals surface area (Å²) in [4.78, 5) is 11.5. The van der Waals surface area contributed by atoms with Gasteiger partial charge < -0.3 is 19.9 Å². The third kappa shape index (κ3) is 7.90. The van der Waals surface area contributed by atoms with Crippen molar-refractivity contribution < 1.29 is 19.4 Å². The zero-order valence-corrected chi connectivity index (χ0v) is 15.1. The maximum absolute atomic E-state index is 11.5.